The summed E-state index contributed by atoms with van der Waals surface area (Å²) in [5.41, 5.74) is 0.869. The number of ether oxygens (including phenoxy) is 1. The van der Waals surface area contributed by atoms with Crippen molar-refractivity contribution in [3.8, 4) is 0 Å². The van der Waals surface area contributed by atoms with Gasteiger partial charge in [0.1, 0.15) is 4.70 Å². The van der Waals surface area contributed by atoms with Crippen LogP contribution in [0, 0.1) is 0 Å². The van der Waals surface area contributed by atoms with Gasteiger partial charge in [-0.1, -0.05) is 11.8 Å². The zero-order valence-corrected chi connectivity index (χ0v) is 11.9. The van der Waals surface area contributed by atoms with Crippen LogP contribution in [0.5, 0.6) is 0 Å². The molecule has 96 valence electrons. The topological polar surface area (TPSA) is 44.1 Å². The van der Waals surface area contributed by atoms with Gasteiger partial charge in [-0.2, -0.15) is 0 Å². The van der Waals surface area contributed by atoms with Gasteiger partial charge in [0.2, 0.25) is 0 Å². The molecule has 0 radical (unpaired) electrons. The fourth-order valence-electron chi connectivity index (χ4n) is 2.03. The van der Waals surface area contributed by atoms with E-state index in [4.69, 9.17) is 4.74 Å². The van der Waals surface area contributed by atoms with E-state index in [1.165, 1.54) is 11.3 Å². The van der Waals surface area contributed by atoms with Crippen molar-refractivity contribution in [1.29, 1.82) is 0 Å². The van der Waals surface area contributed by atoms with E-state index in [1.807, 2.05) is 11.4 Å². The van der Waals surface area contributed by atoms with Gasteiger partial charge in [-0.15, -0.1) is 11.3 Å². The molecule has 0 amide bonds. The second-order valence-corrected chi connectivity index (χ2v) is 6.65. The molecule has 0 aliphatic heterocycles. The van der Waals surface area contributed by atoms with Crippen LogP contribution < -0.4 is 5.56 Å². The summed E-state index contributed by atoms with van der Waals surface area (Å²) in [6.07, 6.45) is 2.46. The Kier molecular flexibility index (Phi) is 3.17. The van der Waals surface area contributed by atoms with Gasteiger partial charge >= 0.3 is 0 Å². The summed E-state index contributed by atoms with van der Waals surface area (Å²) in [7, 11) is 3.54. The fourth-order valence-corrected chi connectivity index (χ4v) is 4.15. The zero-order chi connectivity index (χ0) is 12.7. The third kappa shape index (κ3) is 1.98. The standard InChI is InChI=1S/C12H14N2O2S2/c1-14-11(15)10-9(3-4-17-10)13-12(14)18-8-5-7(6-8)16-2/h3-4,7-8H,5-6H2,1-2H3. The smallest absolute Gasteiger partial charge is 0.271 e. The van der Waals surface area contributed by atoms with Gasteiger partial charge in [-0.25, -0.2) is 4.98 Å². The third-order valence-corrected chi connectivity index (χ3v) is 5.49. The van der Waals surface area contributed by atoms with Crippen molar-refractivity contribution >= 4 is 33.3 Å². The number of methoxy groups -OCH3 is 1. The highest BCUT2D eigenvalue weighted by molar-refractivity contribution is 7.99. The van der Waals surface area contributed by atoms with E-state index >= 15 is 0 Å². The first-order valence-corrected chi connectivity index (χ1v) is 7.58. The van der Waals surface area contributed by atoms with Gasteiger partial charge in [0, 0.05) is 19.4 Å². The lowest BCUT2D eigenvalue weighted by atomic mass is 9.95. The summed E-state index contributed by atoms with van der Waals surface area (Å²) >= 11 is 3.14. The lowest BCUT2D eigenvalue weighted by Crippen LogP contribution is -2.33. The number of thioether (sulfide) groups is 1. The Labute approximate surface area is 113 Å². The number of hydrogen-bond acceptors (Lipinski definition) is 5. The third-order valence-electron chi connectivity index (χ3n) is 3.30. The van der Waals surface area contributed by atoms with E-state index < -0.39 is 0 Å². The van der Waals surface area contributed by atoms with Crippen LogP contribution >= 0.6 is 23.1 Å². The summed E-state index contributed by atoms with van der Waals surface area (Å²) in [6.45, 7) is 0. The maximum absolute atomic E-state index is 12.1. The van der Waals surface area contributed by atoms with E-state index in [9.17, 15) is 4.79 Å². The van der Waals surface area contributed by atoms with Crippen molar-refractivity contribution in [3.05, 3.63) is 21.8 Å². The number of rotatable bonds is 3. The van der Waals surface area contributed by atoms with Gasteiger partial charge in [0.25, 0.3) is 5.56 Å². The molecular weight excluding hydrogens is 268 g/mol. The molecule has 0 aromatic carbocycles. The van der Waals surface area contributed by atoms with Gasteiger partial charge in [-0.05, 0) is 24.3 Å². The molecule has 1 aliphatic rings. The highest BCUT2D eigenvalue weighted by Crippen LogP contribution is 2.37. The van der Waals surface area contributed by atoms with Crippen molar-refractivity contribution in [2.24, 2.45) is 7.05 Å². The molecule has 0 unspecified atom stereocenters. The molecule has 6 heteroatoms. The molecule has 3 rings (SSSR count). The Balaban J connectivity index is 1.88. The molecule has 1 aliphatic carbocycles. The number of hydrogen-bond donors (Lipinski definition) is 0. The fraction of sp³-hybridized carbons (Fsp3) is 0.500. The largest absolute Gasteiger partial charge is 0.381 e. The molecule has 0 atom stereocenters. The Hall–Kier alpha value is -0.850. The number of fused-ring (bicyclic) bond motifs is 1. The minimum absolute atomic E-state index is 0.0557. The summed E-state index contributed by atoms with van der Waals surface area (Å²) in [4.78, 5) is 16.7. The molecule has 0 saturated heterocycles. The van der Waals surface area contributed by atoms with Crippen LogP contribution in [0.2, 0.25) is 0 Å². The first kappa shape index (κ1) is 12.2. The molecule has 2 heterocycles. The van der Waals surface area contributed by atoms with Gasteiger partial charge in [-0.3, -0.25) is 9.36 Å². The van der Waals surface area contributed by atoms with Crippen LogP contribution in [0.15, 0.2) is 21.4 Å². The van der Waals surface area contributed by atoms with Crippen LogP contribution in [-0.4, -0.2) is 28.0 Å². The summed E-state index contributed by atoms with van der Waals surface area (Å²) < 4.78 is 7.66. The molecule has 0 bridgehead atoms. The predicted octanol–water partition coefficient (Wildman–Crippen LogP) is 2.26. The van der Waals surface area contributed by atoms with E-state index in [-0.39, 0.29) is 5.56 Å². The molecule has 0 N–H and O–H groups in total. The zero-order valence-electron chi connectivity index (χ0n) is 10.3. The predicted molar refractivity (Wildman–Crippen MR) is 74.5 cm³/mol. The van der Waals surface area contributed by atoms with Crippen molar-refractivity contribution < 1.29 is 4.74 Å². The first-order chi connectivity index (χ1) is 8.69. The lowest BCUT2D eigenvalue weighted by molar-refractivity contribution is 0.0456. The number of aromatic nitrogens is 2. The number of nitrogens with zero attached hydrogens (tertiary/aromatic N) is 2. The molecule has 4 nitrogen and oxygen atoms in total. The SMILES string of the molecule is COC1CC(Sc2nc3ccsc3c(=O)n2C)C1. The number of thiophene rings is 1. The van der Waals surface area contributed by atoms with Crippen molar-refractivity contribution in [2.45, 2.75) is 29.4 Å². The minimum Gasteiger partial charge on any atom is -0.381 e. The molecule has 0 spiro atoms. The van der Waals surface area contributed by atoms with Crippen molar-refractivity contribution in [3.63, 3.8) is 0 Å². The molecule has 1 saturated carbocycles. The van der Waals surface area contributed by atoms with Crippen LogP contribution in [0.25, 0.3) is 10.2 Å². The van der Waals surface area contributed by atoms with E-state index in [1.54, 1.807) is 30.5 Å². The maximum atomic E-state index is 12.1. The van der Waals surface area contributed by atoms with Gasteiger partial charge in [0.15, 0.2) is 5.16 Å². The van der Waals surface area contributed by atoms with Gasteiger partial charge in [0.05, 0.1) is 11.6 Å². The Morgan fingerprint density at radius 3 is 3.06 bits per heavy atom. The Bertz CT molecular complexity index is 629. The first-order valence-electron chi connectivity index (χ1n) is 5.82. The van der Waals surface area contributed by atoms with Gasteiger partial charge < -0.3 is 4.74 Å². The van der Waals surface area contributed by atoms with Crippen molar-refractivity contribution in [2.75, 3.05) is 7.11 Å². The highest BCUT2D eigenvalue weighted by Gasteiger charge is 2.31. The quantitative estimate of drug-likeness (QED) is 0.810. The summed E-state index contributed by atoms with van der Waals surface area (Å²) in [6, 6.07) is 1.91. The average molecular weight is 282 g/mol. The molecule has 1 fully saturated rings. The maximum Gasteiger partial charge on any atom is 0.271 e. The minimum atomic E-state index is 0.0557. The normalized spacial score (nSPS) is 23.2. The van der Waals surface area contributed by atoms with Crippen LogP contribution in [0.3, 0.4) is 0 Å². The monoisotopic (exact) mass is 282 g/mol. The second kappa shape index (κ2) is 4.68. The summed E-state index contributed by atoms with van der Waals surface area (Å²) in [5.74, 6) is 0. The molecule has 2 aromatic heterocycles. The summed E-state index contributed by atoms with van der Waals surface area (Å²) in [5, 5.41) is 3.24. The van der Waals surface area contributed by atoms with Crippen LogP contribution in [-0.2, 0) is 11.8 Å². The Morgan fingerprint density at radius 2 is 2.33 bits per heavy atom. The highest BCUT2D eigenvalue weighted by atomic mass is 32.2. The van der Waals surface area contributed by atoms with Crippen LogP contribution in [0.4, 0.5) is 0 Å². The van der Waals surface area contributed by atoms with E-state index in [0.29, 0.717) is 11.4 Å². The average Bonchev–Trinajstić information content (AvgIpc) is 2.77. The Morgan fingerprint density at radius 1 is 1.56 bits per heavy atom. The van der Waals surface area contributed by atoms with E-state index in [0.717, 1.165) is 28.2 Å². The van der Waals surface area contributed by atoms with Crippen molar-refractivity contribution in [1.82, 2.24) is 9.55 Å². The molecule has 2 aromatic rings. The molecular formula is C12H14N2O2S2. The van der Waals surface area contributed by atoms with Crippen LogP contribution in [0.1, 0.15) is 12.8 Å². The lowest BCUT2D eigenvalue weighted by Gasteiger charge is -2.33. The van der Waals surface area contributed by atoms with E-state index in [2.05, 4.69) is 4.98 Å². The second-order valence-electron chi connectivity index (χ2n) is 4.46. The molecule has 18 heavy (non-hydrogen) atoms.